The first-order valence-electron chi connectivity index (χ1n) is 7.33. The van der Waals surface area contributed by atoms with Crippen molar-refractivity contribution >= 4 is 5.91 Å². The van der Waals surface area contributed by atoms with E-state index in [1.807, 2.05) is 25.1 Å². The maximum atomic E-state index is 12.0. The lowest BCUT2D eigenvalue weighted by atomic mass is 10.1. The fraction of sp³-hybridized carbons (Fsp3) is 0.562. The lowest BCUT2D eigenvalue weighted by molar-refractivity contribution is -0.127. The monoisotopic (exact) mass is 278 g/mol. The molecule has 1 unspecified atom stereocenters. The number of benzene rings is 1. The summed E-state index contributed by atoms with van der Waals surface area (Å²) in [7, 11) is 0. The van der Waals surface area contributed by atoms with Crippen molar-refractivity contribution in [3.63, 3.8) is 0 Å². The zero-order valence-corrected chi connectivity index (χ0v) is 12.7. The quantitative estimate of drug-likeness (QED) is 0.718. The van der Waals surface area contributed by atoms with Crippen LogP contribution >= 0.6 is 0 Å². The summed E-state index contributed by atoms with van der Waals surface area (Å²) < 4.78 is 5.79. The summed E-state index contributed by atoms with van der Waals surface area (Å²) in [6.45, 7) is 6.97. The first-order valence-corrected chi connectivity index (χ1v) is 7.33. The molecule has 4 nitrogen and oxygen atoms in total. The summed E-state index contributed by atoms with van der Waals surface area (Å²) >= 11 is 0. The van der Waals surface area contributed by atoms with Gasteiger partial charge >= 0.3 is 0 Å². The first-order chi connectivity index (χ1) is 9.60. The molecule has 20 heavy (non-hydrogen) atoms. The largest absolute Gasteiger partial charge is 0.480 e. The van der Waals surface area contributed by atoms with Crippen LogP contribution in [0, 0.1) is 6.92 Å². The number of unbranched alkanes of at least 4 members (excludes halogenated alkanes) is 2. The molecule has 0 radical (unpaired) electrons. The lowest BCUT2D eigenvalue weighted by Crippen LogP contribution is -2.37. The number of amides is 1. The highest BCUT2D eigenvalue weighted by molar-refractivity contribution is 5.80. The van der Waals surface area contributed by atoms with Gasteiger partial charge in [0.1, 0.15) is 5.75 Å². The summed E-state index contributed by atoms with van der Waals surface area (Å²) in [5.41, 5.74) is 7.63. The van der Waals surface area contributed by atoms with Crippen LogP contribution in [-0.2, 0) is 11.3 Å². The Balaban J connectivity index is 2.57. The van der Waals surface area contributed by atoms with E-state index in [-0.39, 0.29) is 5.91 Å². The van der Waals surface area contributed by atoms with E-state index in [0.717, 1.165) is 36.1 Å². The number of carbonyl (C=O) groups excluding carboxylic acids is 1. The van der Waals surface area contributed by atoms with E-state index >= 15 is 0 Å². The molecule has 0 aliphatic rings. The van der Waals surface area contributed by atoms with Gasteiger partial charge in [0, 0.05) is 18.7 Å². The van der Waals surface area contributed by atoms with Gasteiger partial charge in [-0.3, -0.25) is 4.79 Å². The van der Waals surface area contributed by atoms with E-state index in [9.17, 15) is 4.79 Å². The molecule has 0 aliphatic carbocycles. The fourth-order valence-corrected chi connectivity index (χ4v) is 2.00. The zero-order valence-electron chi connectivity index (χ0n) is 12.7. The average Bonchev–Trinajstić information content (AvgIpc) is 2.45. The van der Waals surface area contributed by atoms with Crippen molar-refractivity contribution in [1.29, 1.82) is 0 Å². The van der Waals surface area contributed by atoms with Gasteiger partial charge in [0.15, 0.2) is 6.10 Å². The zero-order chi connectivity index (χ0) is 15.0. The van der Waals surface area contributed by atoms with Gasteiger partial charge in [-0.2, -0.15) is 0 Å². The van der Waals surface area contributed by atoms with Gasteiger partial charge in [-0.15, -0.1) is 0 Å². The SMILES string of the molecule is CCCCCNC(=O)C(C)Oc1c(C)cccc1CN. The molecule has 1 aromatic carbocycles. The maximum absolute atomic E-state index is 12.0. The number of nitrogens with two attached hydrogens (primary N) is 1. The van der Waals surface area contributed by atoms with Crippen molar-refractivity contribution in [2.75, 3.05) is 6.54 Å². The third kappa shape index (κ3) is 4.85. The molecular weight excluding hydrogens is 252 g/mol. The van der Waals surface area contributed by atoms with Crippen LogP contribution in [0.1, 0.15) is 44.2 Å². The van der Waals surface area contributed by atoms with Crippen LogP contribution in [0.3, 0.4) is 0 Å². The average molecular weight is 278 g/mol. The van der Waals surface area contributed by atoms with Crippen LogP contribution in [-0.4, -0.2) is 18.6 Å². The molecule has 0 heterocycles. The summed E-state index contributed by atoms with van der Waals surface area (Å²) in [6.07, 6.45) is 2.77. The summed E-state index contributed by atoms with van der Waals surface area (Å²) in [6, 6.07) is 5.83. The van der Waals surface area contributed by atoms with Gasteiger partial charge in [-0.05, 0) is 25.8 Å². The van der Waals surface area contributed by atoms with Crippen LogP contribution in [0.4, 0.5) is 0 Å². The second-order valence-corrected chi connectivity index (χ2v) is 5.03. The van der Waals surface area contributed by atoms with Crippen LogP contribution in [0.2, 0.25) is 0 Å². The minimum absolute atomic E-state index is 0.0765. The number of hydrogen-bond donors (Lipinski definition) is 2. The fourth-order valence-electron chi connectivity index (χ4n) is 2.00. The Bertz CT molecular complexity index is 432. The van der Waals surface area contributed by atoms with Crippen molar-refractivity contribution in [3.05, 3.63) is 29.3 Å². The molecular formula is C16H26N2O2. The van der Waals surface area contributed by atoms with Crippen LogP contribution in [0.25, 0.3) is 0 Å². The van der Waals surface area contributed by atoms with Crippen molar-refractivity contribution in [2.24, 2.45) is 5.73 Å². The summed E-state index contributed by atoms with van der Waals surface area (Å²) in [5.74, 6) is 0.651. The van der Waals surface area contributed by atoms with Gasteiger partial charge in [-0.25, -0.2) is 0 Å². The molecule has 0 aliphatic heterocycles. The molecule has 1 aromatic rings. The van der Waals surface area contributed by atoms with E-state index in [4.69, 9.17) is 10.5 Å². The standard InChI is InChI=1S/C16H26N2O2/c1-4-5-6-10-18-16(19)13(3)20-15-12(2)8-7-9-14(15)11-17/h7-9,13H,4-6,10-11,17H2,1-3H3,(H,18,19). The number of nitrogens with one attached hydrogen (secondary N) is 1. The highest BCUT2D eigenvalue weighted by Gasteiger charge is 2.16. The highest BCUT2D eigenvalue weighted by Crippen LogP contribution is 2.24. The van der Waals surface area contributed by atoms with Gasteiger partial charge in [0.05, 0.1) is 0 Å². The summed E-state index contributed by atoms with van der Waals surface area (Å²) in [4.78, 5) is 12.0. The minimum atomic E-state index is -0.511. The number of hydrogen-bond acceptors (Lipinski definition) is 3. The third-order valence-electron chi connectivity index (χ3n) is 3.26. The molecule has 4 heteroatoms. The van der Waals surface area contributed by atoms with Crippen molar-refractivity contribution in [3.8, 4) is 5.75 Å². The Morgan fingerprint density at radius 2 is 2.15 bits per heavy atom. The van der Waals surface area contributed by atoms with E-state index in [1.54, 1.807) is 6.92 Å². The molecule has 3 N–H and O–H groups in total. The molecule has 112 valence electrons. The minimum Gasteiger partial charge on any atom is -0.480 e. The molecule has 1 rings (SSSR count). The van der Waals surface area contributed by atoms with Crippen LogP contribution in [0.5, 0.6) is 5.75 Å². The van der Waals surface area contributed by atoms with Crippen molar-refractivity contribution in [2.45, 2.75) is 52.7 Å². The number of rotatable bonds is 8. The number of para-hydroxylation sites is 1. The van der Waals surface area contributed by atoms with E-state index in [2.05, 4.69) is 12.2 Å². The molecule has 1 atom stereocenters. The molecule has 0 saturated heterocycles. The number of carbonyl (C=O) groups is 1. The molecule has 1 amide bonds. The number of ether oxygens (including phenoxy) is 1. The van der Waals surface area contributed by atoms with Gasteiger partial charge in [0.2, 0.25) is 0 Å². The smallest absolute Gasteiger partial charge is 0.260 e. The van der Waals surface area contributed by atoms with Crippen LogP contribution in [0.15, 0.2) is 18.2 Å². The topological polar surface area (TPSA) is 64.3 Å². The molecule has 0 bridgehead atoms. The first kappa shape index (κ1) is 16.5. The second kappa shape index (κ2) is 8.59. The van der Waals surface area contributed by atoms with E-state index in [1.165, 1.54) is 0 Å². The number of aryl methyl sites for hydroxylation is 1. The predicted octanol–water partition coefficient (Wildman–Crippen LogP) is 2.53. The van der Waals surface area contributed by atoms with Crippen molar-refractivity contribution < 1.29 is 9.53 Å². The Hall–Kier alpha value is -1.55. The normalized spacial score (nSPS) is 12.0. The molecule has 0 saturated carbocycles. The molecule has 0 fully saturated rings. The molecule has 0 spiro atoms. The Labute approximate surface area is 121 Å². The van der Waals surface area contributed by atoms with Gasteiger partial charge in [-0.1, -0.05) is 38.0 Å². The van der Waals surface area contributed by atoms with E-state index in [0.29, 0.717) is 13.1 Å². The highest BCUT2D eigenvalue weighted by atomic mass is 16.5. The second-order valence-electron chi connectivity index (χ2n) is 5.03. The van der Waals surface area contributed by atoms with Crippen LogP contribution < -0.4 is 15.8 Å². The van der Waals surface area contributed by atoms with Crippen molar-refractivity contribution in [1.82, 2.24) is 5.32 Å². The summed E-state index contributed by atoms with van der Waals surface area (Å²) in [5, 5.41) is 2.90. The predicted molar refractivity (Wildman–Crippen MR) is 81.7 cm³/mol. The third-order valence-corrected chi connectivity index (χ3v) is 3.26. The lowest BCUT2D eigenvalue weighted by Gasteiger charge is -2.18. The Morgan fingerprint density at radius 1 is 1.40 bits per heavy atom. The van der Waals surface area contributed by atoms with E-state index < -0.39 is 6.10 Å². The Kier molecular flexibility index (Phi) is 7.09. The van der Waals surface area contributed by atoms with Gasteiger partial charge in [0.25, 0.3) is 5.91 Å². The van der Waals surface area contributed by atoms with Gasteiger partial charge < -0.3 is 15.8 Å². The molecule has 0 aromatic heterocycles. The Morgan fingerprint density at radius 3 is 2.80 bits per heavy atom. The maximum Gasteiger partial charge on any atom is 0.260 e.